The molecule has 2 aliphatic rings. The van der Waals surface area contributed by atoms with Crippen LogP contribution in [0.4, 0.5) is 0 Å². The predicted octanol–water partition coefficient (Wildman–Crippen LogP) is 3.11. The Kier molecular flexibility index (Phi) is 3.57. The molecular weight excluding hydrogens is 384 g/mol. The lowest BCUT2D eigenvalue weighted by Crippen LogP contribution is -2.31. The molecular formula is C19H16N2O4S2. The van der Waals surface area contributed by atoms with E-state index in [0.29, 0.717) is 22.9 Å². The molecule has 0 saturated carbocycles. The van der Waals surface area contributed by atoms with Crippen molar-refractivity contribution in [2.45, 2.75) is 23.0 Å². The van der Waals surface area contributed by atoms with Crippen molar-refractivity contribution in [2.24, 2.45) is 0 Å². The van der Waals surface area contributed by atoms with E-state index in [0.717, 1.165) is 16.1 Å². The molecule has 6 nitrogen and oxygen atoms in total. The molecule has 2 aromatic heterocycles. The fourth-order valence-electron chi connectivity index (χ4n) is 4.03. The van der Waals surface area contributed by atoms with E-state index < -0.39 is 15.1 Å². The first-order valence-electron chi connectivity index (χ1n) is 8.58. The lowest BCUT2D eigenvalue weighted by molar-refractivity contribution is 0.0785. The van der Waals surface area contributed by atoms with Crippen LogP contribution in [0.3, 0.4) is 0 Å². The number of hydrogen-bond donors (Lipinski definition) is 0. The fraction of sp³-hybridized carbons (Fsp3) is 0.263. The number of hydrogen-bond acceptors (Lipinski definition) is 6. The van der Waals surface area contributed by atoms with Gasteiger partial charge in [-0.25, -0.2) is 13.4 Å². The molecule has 1 saturated heterocycles. The van der Waals surface area contributed by atoms with Crippen molar-refractivity contribution in [3.63, 3.8) is 0 Å². The van der Waals surface area contributed by atoms with Crippen LogP contribution in [0.25, 0.3) is 11.3 Å². The molecule has 0 aliphatic carbocycles. The van der Waals surface area contributed by atoms with Gasteiger partial charge in [0.25, 0.3) is 5.91 Å². The second-order valence-corrected chi connectivity index (χ2v) is 10.1. The number of amides is 1. The van der Waals surface area contributed by atoms with Crippen LogP contribution in [0.2, 0.25) is 0 Å². The third-order valence-corrected chi connectivity index (χ3v) is 8.34. The Hall–Kier alpha value is -2.45. The summed E-state index contributed by atoms with van der Waals surface area (Å²) in [5.74, 6) is 0.277. The third-order valence-electron chi connectivity index (χ3n) is 5.31. The van der Waals surface area contributed by atoms with Crippen LogP contribution in [0, 0.1) is 6.92 Å². The Bertz CT molecular complexity index is 1150. The molecule has 3 aromatic rings. The van der Waals surface area contributed by atoms with Crippen LogP contribution in [0.5, 0.6) is 0 Å². The highest BCUT2D eigenvalue weighted by Crippen LogP contribution is 2.46. The summed E-state index contributed by atoms with van der Waals surface area (Å²) in [6.45, 7) is 2.43. The number of aryl methyl sites for hydroxylation is 1. The number of sulfone groups is 1. The van der Waals surface area contributed by atoms with Gasteiger partial charge in [0.1, 0.15) is 11.5 Å². The number of fused-ring (bicyclic) bond motifs is 3. The SMILES string of the molecule is Cc1nc(C(=O)N2C[C@H]3c4cc(-c5ccco5)ccc4S(=O)(=O)[C@H]3C2)cs1. The Balaban J connectivity index is 1.52. The standard InChI is InChI=1S/C19H16N2O4S2/c1-11-20-15(10-26-11)19(22)21-8-14-13-7-12(16-3-2-6-25-16)4-5-17(13)27(23,24)18(14)9-21/h2-7,10,14,18H,8-9H2,1H3/t14-,18-/m0/s1. The van der Waals surface area contributed by atoms with Crippen LogP contribution in [0.15, 0.2) is 51.3 Å². The lowest BCUT2D eigenvalue weighted by atomic mass is 9.96. The second kappa shape index (κ2) is 5.77. The summed E-state index contributed by atoms with van der Waals surface area (Å²) in [5, 5.41) is 1.95. The van der Waals surface area contributed by atoms with Gasteiger partial charge in [-0.2, -0.15) is 0 Å². The maximum Gasteiger partial charge on any atom is 0.273 e. The predicted molar refractivity (Wildman–Crippen MR) is 101 cm³/mol. The summed E-state index contributed by atoms with van der Waals surface area (Å²) in [7, 11) is -3.45. The fourth-order valence-corrected chi connectivity index (χ4v) is 6.78. The molecule has 0 spiro atoms. The summed E-state index contributed by atoms with van der Waals surface area (Å²) >= 11 is 1.41. The molecule has 5 rings (SSSR count). The van der Waals surface area contributed by atoms with Crippen molar-refractivity contribution >= 4 is 27.1 Å². The zero-order valence-electron chi connectivity index (χ0n) is 14.5. The smallest absolute Gasteiger partial charge is 0.273 e. The maximum absolute atomic E-state index is 13.0. The Morgan fingerprint density at radius 1 is 1.30 bits per heavy atom. The molecule has 27 heavy (non-hydrogen) atoms. The highest BCUT2D eigenvalue weighted by atomic mass is 32.2. The molecule has 2 atom stereocenters. The summed E-state index contributed by atoms with van der Waals surface area (Å²) in [5.41, 5.74) is 2.01. The third kappa shape index (κ3) is 2.47. The summed E-state index contributed by atoms with van der Waals surface area (Å²) in [4.78, 5) is 19.0. The first-order valence-corrected chi connectivity index (χ1v) is 11.0. The van der Waals surface area contributed by atoms with Crippen molar-refractivity contribution in [3.05, 3.63) is 58.2 Å². The average molecular weight is 400 g/mol. The first kappa shape index (κ1) is 16.7. The van der Waals surface area contributed by atoms with Gasteiger partial charge in [-0.15, -0.1) is 11.3 Å². The number of rotatable bonds is 2. The van der Waals surface area contributed by atoms with Gasteiger partial charge in [0.05, 0.1) is 21.4 Å². The van der Waals surface area contributed by atoms with Crippen LogP contribution in [-0.2, 0) is 9.84 Å². The van der Waals surface area contributed by atoms with E-state index >= 15 is 0 Å². The van der Waals surface area contributed by atoms with Crippen molar-refractivity contribution in [1.29, 1.82) is 0 Å². The minimum atomic E-state index is -3.45. The molecule has 1 fully saturated rings. The number of likely N-dealkylation sites (tertiary alicyclic amines) is 1. The van der Waals surface area contributed by atoms with Crippen LogP contribution in [0.1, 0.15) is 27.0 Å². The van der Waals surface area contributed by atoms with Crippen molar-refractivity contribution in [2.75, 3.05) is 13.1 Å². The van der Waals surface area contributed by atoms with Gasteiger partial charge in [0.2, 0.25) is 0 Å². The maximum atomic E-state index is 13.0. The Morgan fingerprint density at radius 3 is 2.85 bits per heavy atom. The van der Waals surface area contributed by atoms with E-state index in [9.17, 15) is 13.2 Å². The highest BCUT2D eigenvalue weighted by molar-refractivity contribution is 7.92. The molecule has 0 bridgehead atoms. The molecule has 8 heteroatoms. The average Bonchev–Trinajstić information content (AvgIpc) is 3.41. The summed E-state index contributed by atoms with van der Waals surface area (Å²) < 4.78 is 31.4. The number of benzene rings is 1. The van der Waals surface area contributed by atoms with E-state index in [-0.39, 0.29) is 18.4 Å². The Labute approximate surface area is 160 Å². The summed E-state index contributed by atoms with van der Waals surface area (Å²) in [6, 6.07) is 8.97. The van der Waals surface area contributed by atoms with Gasteiger partial charge in [0.15, 0.2) is 9.84 Å². The van der Waals surface area contributed by atoms with Gasteiger partial charge in [-0.3, -0.25) is 4.79 Å². The normalized spacial score (nSPS) is 22.6. The van der Waals surface area contributed by atoms with Gasteiger partial charge < -0.3 is 9.32 Å². The molecule has 138 valence electrons. The summed E-state index contributed by atoms with van der Waals surface area (Å²) in [6.07, 6.45) is 1.59. The van der Waals surface area contributed by atoms with Crippen LogP contribution in [-0.4, -0.2) is 42.5 Å². The lowest BCUT2D eigenvalue weighted by Gasteiger charge is -2.16. The van der Waals surface area contributed by atoms with Crippen molar-refractivity contribution in [3.8, 4) is 11.3 Å². The van der Waals surface area contributed by atoms with Gasteiger partial charge >= 0.3 is 0 Å². The Morgan fingerprint density at radius 2 is 2.15 bits per heavy atom. The first-order chi connectivity index (χ1) is 12.9. The number of furan rings is 1. The molecule has 0 radical (unpaired) electrons. The minimum Gasteiger partial charge on any atom is -0.464 e. The van der Waals surface area contributed by atoms with E-state index in [2.05, 4.69) is 4.98 Å². The number of carbonyl (C=O) groups is 1. The quantitative estimate of drug-likeness (QED) is 0.660. The van der Waals surface area contributed by atoms with E-state index in [1.165, 1.54) is 11.3 Å². The van der Waals surface area contributed by atoms with Crippen molar-refractivity contribution < 1.29 is 17.6 Å². The number of thiazole rings is 1. The largest absolute Gasteiger partial charge is 0.464 e. The molecule has 2 aliphatic heterocycles. The van der Waals surface area contributed by atoms with Crippen LogP contribution >= 0.6 is 11.3 Å². The second-order valence-electron chi connectivity index (χ2n) is 6.88. The van der Waals surface area contributed by atoms with E-state index in [1.807, 2.05) is 19.1 Å². The van der Waals surface area contributed by atoms with Crippen molar-refractivity contribution in [1.82, 2.24) is 9.88 Å². The van der Waals surface area contributed by atoms with Gasteiger partial charge in [-0.1, -0.05) is 0 Å². The minimum absolute atomic E-state index is 0.201. The topological polar surface area (TPSA) is 80.5 Å². The zero-order valence-corrected chi connectivity index (χ0v) is 16.1. The molecule has 0 unspecified atom stereocenters. The molecule has 1 aromatic carbocycles. The van der Waals surface area contributed by atoms with Gasteiger partial charge in [0, 0.05) is 30.0 Å². The molecule has 1 amide bonds. The van der Waals surface area contributed by atoms with E-state index in [4.69, 9.17) is 4.42 Å². The number of carbonyl (C=O) groups excluding carboxylic acids is 1. The van der Waals surface area contributed by atoms with Crippen LogP contribution < -0.4 is 0 Å². The zero-order chi connectivity index (χ0) is 18.8. The number of aromatic nitrogens is 1. The molecule has 4 heterocycles. The monoisotopic (exact) mass is 400 g/mol. The molecule has 0 N–H and O–H groups in total. The van der Waals surface area contributed by atoms with Gasteiger partial charge in [-0.05, 0) is 42.8 Å². The van der Waals surface area contributed by atoms with E-state index in [1.54, 1.807) is 34.7 Å². The highest BCUT2D eigenvalue weighted by Gasteiger charge is 2.51. The number of nitrogens with zero attached hydrogens (tertiary/aromatic N) is 2.